The van der Waals surface area contributed by atoms with Crippen LogP contribution >= 0.6 is 0 Å². The summed E-state index contributed by atoms with van der Waals surface area (Å²) in [7, 11) is 0. The summed E-state index contributed by atoms with van der Waals surface area (Å²) in [6, 6.07) is 30.3. The van der Waals surface area contributed by atoms with Gasteiger partial charge in [0.2, 0.25) is 0 Å². The average Bonchev–Trinajstić information content (AvgIpc) is 2.75. The lowest BCUT2D eigenvalue weighted by atomic mass is 9.85. The molecule has 0 aliphatic rings. The maximum atomic E-state index is 11.9. The predicted molar refractivity (Wildman–Crippen MR) is 111 cm³/mol. The lowest BCUT2D eigenvalue weighted by Gasteiger charge is -2.19. The van der Waals surface area contributed by atoms with E-state index in [4.69, 9.17) is 0 Å². The third-order valence-corrected chi connectivity index (χ3v) is 4.74. The first-order chi connectivity index (χ1) is 13.7. The maximum Gasteiger partial charge on any atom is 0.339 e. The first-order valence-electron chi connectivity index (χ1n) is 8.96. The van der Waals surface area contributed by atoms with Crippen LogP contribution in [0, 0.1) is 0 Å². The zero-order valence-electron chi connectivity index (χ0n) is 15.0. The Kier molecular flexibility index (Phi) is 4.65. The second-order valence-corrected chi connectivity index (χ2v) is 6.47. The van der Waals surface area contributed by atoms with E-state index in [0.29, 0.717) is 5.56 Å². The second kappa shape index (κ2) is 7.41. The van der Waals surface area contributed by atoms with E-state index in [1.54, 1.807) is 6.07 Å². The lowest BCUT2D eigenvalue weighted by molar-refractivity contribution is 0.0694. The fourth-order valence-corrected chi connectivity index (χ4v) is 3.47. The molecule has 0 aliphatic carbocycles. The SMILES string of the molecule is O=C(O)c1cc(-c2ccccc2)c(-c2ccccc2)c(-c2ccccc2)c1O. The van der Waals surface area contributed by atoms with Gasteiger partial charge in [-0.1, -0.05) is 91.0 Å². The molecule has 3 nitrogen and oxygen atoms in total. The highest BCUT2D eigenvalue weighted by atomic mass is 16.4. The van der Waals surface area contributed by atoms with Gasteiger partial charge in [0.15, 0.2) is 0 Å². The van der Waals surface area contributed by atoms with Crippen LogP contribution in [-0.4, -0.2) is 16.2 Å². The molecule has 0 aromatic heterocycles. The normalized spacial score (nSPS) is 10.6. The molecule has 4 aromatic carbocycles. The summed E-state index contributed by atoms with van der Waals surface area (Å²) in [6.45, 7) is 0. The Bertz CT molecular complexity index is 1120. The zero-order valence-corrected chi connectivity index (χ0v) is 15.0. The van der Waals surface area contributed by atoms with Gasteiger partial charge in [-0.2, -0.15) is 0 Å². The highest BCUT2D eigenvalue weighted by Gasteiger charge is 2.24. The monoisotopic (exact) mass is 366 g/mol. The van der Waals surface area contributed by atoms with Gasteiger partial charge in [-0.05, 0) is 28.3 Å². The summed E-state index contributed by atoms with van der Waals surface area (Å²) in [4.78, 5) is 11.9. The molecule has 0 heterocycles. The number of carbonyl (C=O) groups is 1. The van der Waals surface area contributed by atoms with Crippen molar-refractivity contribution >= 4 is 5.97 Å². The highest BCUT2D eigenvalue weighted by Crippen LogP contribution is 2.46. The average molecular weight is 366 g/mol. The number of rotatable bonds is 4. The minimum absolute atomic E-state index is 0.114. The van der Waals surface area contributed by atoms with Gasteiger partial charge < -0.3 is 10.2 Å². The summed E-state index contributed by atoms with van der Waals surface area (Å²) in [5.74, 6) is -1.39. The van der Waals surface area contributed by atoms with Gasteiger partial charge in [0, 0.05) is 11.1 Å². The quantitative estimate of drug-likeness (QED) is 0.459. The van der Waals surface area contributed by atoms with E-state index in [1.165, 1.54) is 0 Å². The summed E-state index contributed by atoms with van der Waals surface area (Å²) >= 11 is 0. The number of phenols is 1. The Balaban J connectivity index is 2.17. The fraction of sp³-hybridized carbons (Fsp3) is 0. The Morgan fingerprint density at radius 2 is 1.04 bits per heavy atom. The smallest absolute Gasteiger partial charge is 0.339 e. The molecule has 0 spiro atoms. The van der Waals surface area contributed by atoms with Crippen molar-refractivity contribution in [3.8, 4) is 39.1 Å². The standard InChI is InChI=1S/C25H18O3/c26-24-21(25(27)28)16-20(17-10-4-1-5-11-17)22(18-12-6-2-7-13-18)23(24)19-14-8-3-9-15-19/h1-16,26H,(H,27,28). The zero-order chi connectivity index (χ0) is 19.5. The van der Waals surface area contributed by atoms with E-state index in [1.807, 2.05) is 91.0 Å². The molecular formula is C25H18O3. The molecule has 4 rings (SSSR count). The molecule has 4 aromatic rings. The Morgan fingerprint density at radius 1 is 0.607 bits per heavy atom. The van der Waals surface area contributed by atoms with Gasteiger partial charge in [-0.15, -0.1) is 0 Å². The molecule has 0 saturated carbocycles. The molecule has 0 fully saturated rings. The molecule has 0 radical (unpaired) electrons. The first kappa shape index (κ1) is 17.6. The molecule has 0 amide bonds. The molecule has 3 heteroatoms. The van der Waals surface area contributed by atoms with Crippen LogP contribution in [0.3, 0.4) is 0 Å². The Hall–Kier alpha value is -3.85. The van der Waals surface area contributed by atoms with Crippen molar-refractivity contribution in [1.29, 1.82) is 0 Å². The van der Waals surface area contributed by atoms with Gasteiger partial charge in [0.25, 0.3) is 0 Å². The van der Waals surface area contributed by atoms with Crippen molar-refractivity contribution < 1.29 is 15.0 Å². The maximum absolute atomic E-state index is 11.9. The van der Waals surface area contributed by atoms with Crippen LogP contribution in [0.2, 0.25) is 0 Å². The summed E-state index contributed by atoms with van der Waals surface area (Å²) < 4.78 is 0. The van der Waals surface area contributed by atoms with Crippen LogP contribution < -0.4 is 0 Å². The van der Waals surface area contributed by atoms with E-state index < -0.39 is 5.97 Å². The fourth-order valence-electron chi connectivity index (χ4n) is 3.47. The minimum atomic E-state index is -1.16. The molecule has 136 valence electrons. The molecule has 2 N–H and O–H groups in total. The third kappa shape index (κ3) is 3.14. The van der Waals surface area contributed by atoms with Crippen molar-refractivity contribution in [2.75, 3.05) is 0 Å². The van der Waals surface area contributed by atoms with Crippen LogP contribution in [0.4, 0.5) is 0 Å². The summed E-state index contributed by atoms with van der Waals surface area (Å²) in [6.07, 6.45) is 0. The third-order valence-electron chi connectivity index (χ3n) is 4.74. The van der Waals surface area contributed by atoms with Crippen molar-refractivity contribution in [3.05, 3.63) is 103 Å². The molecule has 0 bridgehead atoms. The summed E-state index contributed by atoms with van der Waals surface area (Å²) in [5.41, 5.74) is 4.54. The van der Waals surface area contributed by atoms with Gasteiger partial charge in [0.1, 0.15) is 11.3 Å². The molecule has 0 atom stereocenters. The molecular weight excluding hydrogens is 348 g/mol. The molecule has 0 saturated heterocycles. The second-order valence-electron chi connectivity index (χ2n) is 6.47. The van der Waals surface area contributed by atoms with Crippen LogP contribution in [0.15, 0.2) is 97.1 Å². The number of hydrogen-bond donors (Lipinski definition) is 2. The molecule has 0 aliphatic heterocycles. The van der Waals surface area contributed by atoms with E-state index >= 15 is 0 Å². The van der Waals surface area contributed by atoms with Crippen molar-refractivity contribution in [3.63, 3.8) is 0 Å². The lowest BCUT2D eigenvalue weighted by Crippen LogP contribution is -2.01. The van der Waals surface area contributed by atoms with Crippen molar-refractivity contribution in [2.24, 2.45) is 0 Å². The van der Waals surface area contributed by atoms with Gasteiger partial charge in [0.05, 0.1) is 0 Å². The highest BCUT2D eigenvalue weighted by molar-refractivity contribution is 6.04. The van der Waals surface area contributed by atoms with E-state index in [-0.39, 0.29) is 11.3 Å². The van der Waals surface area contributed by atoms with Gasteiger partial charge >= 0.3 is 5.97 Å². The van der Waals surface area contributed by atoms with Crippen molar-refractivity contribution in [2.45, 2.75) is 0 Å². The Labute approximate surface area is 163 Å². The number of carboxylic acid groups (broad SMARTS) is 1. The largest absolute Gasteiger partial charge is 0.506 e. The number of carboxylic acids is 1. The van der Waals surface area contributed by atoms with Crippen LogP contribution in [0.1, 0.15) is 10.4 Å². The topological polar surface area (TPSA) is 57.5 Å². The minimum Gasteiger partial charge on any atom is -0.506 e. The number of aromatic hydroxyl groups is 1. The van der Waals surface area contributed by atoms with Crippen LogP contribution in [0.25, 0.3) is 33.4 Å². The number of benzene rings is 4. The number of aromatic carboxylic acids is 1. The van der Waals surface area contributed by atoms with Crippen molar-refractivity contribution in [1.82, 2.24) is 0 Å². The van der Waals surface area contributed by atoms with E-state index in [0.717, 1.165) is 27.8 Å². The molecule has 28 heavy (non-hydrogen) atoms. The van der Waals surface area contributed by atoms with Crippen LogP contribution in [0.5, 0.6) is 5.75 Å². The van der Waals surface area contributed by atoms with Gasteiger partial charge in [-0.25, -0.2) is 4.79 Å². The summed E-state index contributed by atoms with van der Waals surface area (Å²) in [5, 5.41) is 20.7. The Morgan fingerprint density at radius 3 is 1.50 bits per heavy atom. The van der Waals surface area contributed by atoms with Crippen LogP contribution in [-0.2, 0) is 0 Å². The first-order valence-corrected chi connectivity index (χ1v) is 8.96. The van der Waals surface area contributed by atoms with E-state index in [2.05, 4.69) is 0 Å². The predicted octanol–water partition coefficient (Wildman–Crippen LogP) is 6.09. The number of hydrogen-bond acceptors (Lipinski definition) is 2. The van der Waals surface area contributed by atoms with Gasteiger partial charge in [-0.3, -0.25) is 0 Å². The van der Waals surface area contributed by atoms with E-state index in [9.17, 15) is 15.0 Å². The molecule has 0 unspecified atom stereocenters.